The number of hydrogen-bond donors (Lipinski definition) is 1. The van der Waals surface area contributed by atoms with Crippen LogP contribution in [0, 0.1) is 0 Å². The Morgan fingerprint density at radius 1 is 1.57 bits per heavy atom. The van der Waals surface area contributed by atoms with Crippen LogP contribution >= 0.6 is 0 Å². The highest BCUT2D eigenvalue weighted by molar-refractivity contribution is 6.00. The number of amides is 1. The fraction of sp³-hybridized carbons (Fsp3) is 0.400. The number of carbonyl (C=O) groups is 1. The Hall–Kier alpha value is -1.58. The molecule has 2 rings (SSSR count). The van der Waals surface area contributed by atoms with Crippen molar-refractivity contribution in [3.63, 3.8) is 0 Å². The lowest BCUT2D eigenvalue weighted by molar-refractivity contribution is -0.115. The van der Waals surface area contributed by atoms with E-state index in [0.29, 0.717) is 12.6 Å². The van der Waals surface area contributed by atoms with E-state index in [1.165, 1.54) is 0 Å². The summed E-state index contributed by atoms with van der Waals surface area (Å²) in [6, 6.07) is 2.25. The summed E-state index contributed by atoms with van der Waals surface area (Å²) in [7, 11) is 0. The molecule has 0 radical (unpaired) electrons. The van der Waals surface area contributed by atoms with Gasteiger partial charge in [0.05, 0.1) is 24.1 Å². The molecular weight excluding hydrogens is 178 g/mol. The molecule has 0 atom stereocenters. The molecule has 1 aromatic rings. The fourth-order valence-electron chi connectivity index (χ4n) is 1.62. The summed E-state index contributed by atoms with van der Waals surface area (Å²) in [6.45, 7) is 4.57. The van der Waals surface area contributed by atoms with Crippen LogP contribution in [0.15, 0.2) is 18.5 Å². The zero-order chi connectivity index (χ0) is 10.1. The second kappa shape index (κ2) is 3.29. The van der Waals surface area contributed by atoms with Crippen molar-refractivity contribution in [3.8, 4) is 0 Å². The van der Waals surface area contributed by atoms with E-state index in [-0.39, 0.29) is 5.91 Å². The van der Waals surface area contributed by atoms with Gasteiger partial charge in [0.15, 0.2) is 0 Å². The minimum Gasteiger partial charge on any atom is -0.358 e. The minimum absolute atomic E-state index is 0.0270. The third-order valence-corrected chi connectivity index (χ3v) is 2.32. The van der Waals surface area contributed by atoms with Gasteiger partial charge in [-0.15, -0.1) is 0 Å². The van der Waals surface area contributed by atoms with Gasteiger partial charge in [-0.25, -0.2) is 0 Å². The number of carbonyl (C=O) groups excluding carboxylic acids is 1. The molecule has 1 aliphatic heterocycles. The molecule has 2 heterocycles. The van der Waals surface area contributed by atoms with Crippen molar-refractivity contribution in [3.05, 3.63) is 18.5 Å². The zero-order valence-electron chi connectivity index (χ0n) is 8.32. The molecule has 0 spiro atoms. The molecule has 1 aliphatic rings. The van der Waals surface area contributed by atoms with Crippen LogP contribution < -0.4 is 10.2 Å². The summed E-state index contributed by atoms with van der Waals surface area (Å²) in [5.41, 5.74) is 1.85. The highest BCUT2D eigenvalue weighted by Crippen LogP contribution is 2.29. The van der Waals surface area contributed by atoms with E-state index in [1.807, 2.05) is 6.07 Å². The Balaban J connectivity index is 2.43. The number of fused-ring (bicyclic) bond motifs is 1. The Labute approximate surface area is 82.9 Å². The molecule has 0 saturated heterocycles. The van der Waals surface area contributed by atoms with Gasteiger partial charge in [-0.2, -0.15) is 0 Å². The van der Waals surface area contributed by atoms with Gasteiger partial charge in [0, 0.05) is 12.2 Å². The van der Waals surface area contributed by atoms with Crippen molar-refractivity contribution in [2.45, 2.75) is 19.9 Å². The molecule has 1 N–H and O–H groups in total. The number of nitrogens with one attached hydrogen (secondary N) is 1. The third kappa shape index (κ3) is 1.43. The van der Waals surface area contributed by atoms with Crippen LogP contribution in [-0.2, 0) is 4.79 Å². The highest BCUT2D eigenvalue weighted by atomic mass is 16.2. The number of hydrogen-bond acceptors (Lipinski definition) is 3. The zero-order valence-corrected chi connectivity index (χ0v) is 8.32. The first-order valence-corrected chi connectivity index (χ1v) is 4.69. The number of aromatic nitrogens is 1. The lowest BCUT2D eigenvalue weighted by atomic mass is 10.2. The molecule has 1 aromatic heterocycles. The molecule has 0 bridgehead atoms. The maximum Gasteiger partial charge on any atom is 0.244 e. The summed E-state index contributed by atoms with van der Waals surface area (Å²) < 4.78 is 0. The normalized spacial score (nSPS) is 15.4. The van der Waals surface area contributed by atoms with Gasteiger partial charge in [-0.3, -0.25) is 9.78 Å². The standard InChI is InChI=1S/C10H13N3O/c1-7(2)13-6-10(14)12-8-5-11-4-3-9(8)13/h3-5,7H,6H2,1-2H3,(H,12,14). The van der Waals surface area contributed by atoms with E-state index in [1.54, 1.807) is 12.4 Å². The van der Waals surface area contributed by atoms with Crippen molar-refractivity contribution >= 4 is 17.3 Å². The Bertz CT molecular complexity index is 362. The van der Waals surface area contributed by atoms with Gasteiger partial charge in [-0.05, 0) is 19.9 Å². The molecular formula is C10H13N3O. The Morgan fingerprint density at radius 2 is 2.36 bits per heavy atom. The molecule has 4 nitrogen and oxygen atoms in total. The second-order valence-corrected chi connectivity index (χ2v) is 3.66. The number of nitrogens with zero attached hydrogens (tertiary/aromatic N) is 2. The van der Waals surface area contributed by atoms with Gasteiger partial charge in [-0.1, -0.05) is 0 Å². The van der Waals surface area contributed by atoms with Crippen molar-refractivity contribution in [2.75, 3.05) is 16.8 Å². The van der Waals surface area contributed by atoms with Crippen molar-refractivity contribution < 1.29 is 4.79 Å². The molecule has 0 fully saturated rings. The van der Waals surface area contributed by atoms with Crippen molar-refractivity contribution in [1.29, 1.82) is 0 Å². The van der Waals surface area contributed by atoms with Crippen LogP contribution in [0.1, 0.15) is 13.8 Å². The lowest BCUT2D eigenvalue weighted by Crippen LogP contribution is -2.42. The van der Waals surface area contributed by atoms with Crippen molar-refractivity contribution in [1.82, 2.24) is 4.98 Å². The average molecular weight is 191 g/mol. The van der Waals surface area contributed by atoms with E-state index < -0.39 is 0 Å². The number of pyridine rings is 1. The third-order valence-electron chi connectivity index (χ3n) is 2.32. The fourth-order valence-corrected chi connectivity index (χ4v) is 1.62. The van der Waals surface area contributed by atoms with E-state index >= 15 is 0 Å². The molecule has 0 aromatic carbocycles. The molecule has 14 heavy (non-hydrogen) atoms. The first kappa shape index (κ1) is 8.99. The monoisotopic (exact) mass is 191 g/mol. The largest absolute Gasteiger partial charge is 0.358 e. The van der Waals surface area contributed by atoms with E-state index in [2.05, 4.69) is 29.0 Å². The Kier molecular flexibility index (Phi) is 2.11. The maximum absolute atomic E-state index is 11.4. The van der Waals surface area contributed by atoms with E-state index in [9.17, 15) is 4.79 Å². The molecule has 4 heteroatoms. The second-order valence-electron chi connectivity index (χ2n) is 3.66. The summed E-state index contributed by atoms with van der Waals surface area (Å²) in [4.78, 5) is 17.4. The van der Waals surface area contributed by atoms with Crippen LogP contribution in [0.2, 0.25) is 0 Å². The van der Waals surface area contributed by atoms with Crippen LogP contribution in [0.25, 0.3) is 0 Å². The van der Waals surface area contributed by atoms with E-state index in [0.717, 1.165) is 11.4 Å². The van der Waals surface area contributed by atoms with Gasteiger partial charge in [0.25, 0.3) is 0 Å². The van der Waals surface area contributed by atoms with Gasteiger partial charge >= 0.3 is 0 Å². The maximum atomic E-state index is 11.4. The van der Waals surface area contributed by atoms with Crippen LogP contribution in [-0.4, -0.2) is 23.5 Å². The van der Waals surface area contributed by atoms with Gasteiger partial charge in [0.2, 0.25) is 5.91 Å². The first-order valence-electron chi connectivity index (χ1n) is 4.69. The molecule has 0 unspecified atom stereocenters. The topological polar surface area (TPSA) is 45.2 Å². The van der Waals surface area contributed by atoms with Crippen LogP contribution in [0.4, 0.5) is 11.4 Å². The minimum atomic E-state index is 0.0270. The molecule has 0 saturated carbocycles. The predicted octanol–water partition coefficient (Wildman–Crippen LogP) is 1.25. The van der Waals surface area contributed by atoms with Crippen LogP contribution in [0.5, 0.6) is 0 Å². The SMILES string of the molecule is CC(C)N1CC(=O)Nc2cnccc21. The number of rotatable bonds is 1. The average Bonchev–Trinajstić information content (AvgIpc) is 2.16. The predicted molar refractivity (Wildman–Crippen MR) is 55.3 cm³/mol. The summed E-state index contributed by atoms with van der Waals surface area (Å²) in [6.07, 6.45) is 3.42. The molecule has 74 valence electrons. The van der Waals surface area contributed by atoms with Gasteiger partial charge in [0.1, 0.15) is 0 Å². The van der Waals surface area contributed by atoms with E-state index in [4.69, 9.17) is 0 Å². The number of anilines is 2. The van der Waals surface area contributed by atoms with Gasteiger partial charge < -0.3 is 10.2 Å². The smallest absolute Gasteiger partial charge is 0.244 e. The highest BCUT2D eigenvalue weighted by Gasteiger charge is 2.23. The summed E-state index contributed by atoms with van der Waals surface area (Å²) >= 11 is 0. The molecule has 1 amide bonds. The lowest BCUT2D eigenvalue weighted by Gasteiger charge is -2.33. The summed E-state index contributed by atoms with van der Waals surface area (Å²) in [5.74, 6) is 0.0270. The quantitative estimate of drug-likeness (QED) is 0.726. The first-order chi connectivity index (χ1) is 6.68. The Morgan fingerprint density at radius 3 is 3.07 bits per heavy atom. The molecule has 0 aliphatic carbocycles. The van der Waals surface area contributed by atoms with Crippen LogP contribution in [0.3, 0.4) is 0 Å². The van der Waals surface area contributed by atoms with Crippen molar-refractivity contribution in [2.24, 2.45) is 0 Å². The summed E-state index contributed by atoms with van der Waals surface area (Å²) in [5, 5.41) is 2.80.